The molecule has 0 aliphatic heterocycles. The maximum absolute atomic E-state index is 13.2. The molecule has 13 heteroatoms. The van der Waals surface area contributed by atoms with Crippen LogP contribution in [0.15, 0.2) is 48.4 Å². The summed E-state index contributed by atoms with van der Waals surface area (Å²) < 4.78 is 54.2. The van der Waals surface area contributed by atoms with E-state index in [0.29, 0.717) is 28.1 Å². The van der Waals surface area contributed by atoms with Crippen LogP contribution < -0.4 is 20.1 Å². The lowest BCUT2D eigenvalue weighted by Crippen LogP contribution is -2.35. The van der Waals surface area contributed by atoms with Gasteiger partial charge in [0, 0.05) is 21.8 Å². The third-order valence-electron chi connectivity index (χ3n) is 10.2. The molecule has 252 valence electrons. The van der Waals surface area contributed by atoms with Crippen molar-refractivity contribution in [2.75, 3.05) is 10.6 Å². The summed E-state index contributed by atoms with van der Waals surface area (Å²) in [7, 11) is -7.94. The zero-order valence-corrected chi connectivity index (χ0v) is 28.7. The van der Waals surface area contributed by atoms with E-state index in [0.717, 1.165) is 91.3 Å². The summed E-state index contributed by atoms with van der Waals surface area (Å²) in [5, 5.41) is 7.07. The molecule has 4 aliphatic rings. The predicted octanol–water partition coefficient (Wildman–Crippen LogP) is 6.01. The van der Waals surface area contributed by atoms with Crippen LogP contribution in [0.3, 0.4) is 0 Å². The van der Waals surface area contributed by atoms with Crippen molar-refractivity contribution in [1.82, 2.24) is 9.44 Å². The first-order valence-corrected chi connectivity index (χ1v) is 19.8. The Morgan fingerprint density at radius 2 is 1.40 bits per heavy atom. The second-order valence-electron chi connectivity index (χ2n) is 13.2. The largest absolute Gasteiger partial charge is 0.333 e. The fraction of sp³-hybridized carbons (Fsp3) is 0.371. The highest BCUT2D eigenvalue weighted by atomic mass is 35.5. The SMILES string of the molecule is C=CS(=O)(=O)NC(=O)Nc1c2c(cc3c1C(C1Cc4cc5c(c(NC(=O)NS(=O)(=O)Cc6ccc(Cl)cc6)c4C1)CCC5)CC3)CCC2. The third kappa shape index (κ3) is 6.45. The number of hydrogen-bond donors (Lipinski definition) is 4. The Labute approximate surface area is 285 Å². The molecule has 3 aromatic rings. The lowest BCUT2D eigenvalue weighted by molar-refractivity contribution is 0.255. The Morgan fingerprint density at radius 1 is 0.771 bits per heavy atom. The van der Waals surface area contributed by atoms with Crippen molar-refractivity contribution in [2.45, 2.75) is 75.9 Å². The van der Waals surface area contributed by atoms with E-state index in [2.05, 4.69) is 34.1 Å². The van der Waals surface area contributed by atoms with Crippen molar-refractivity contribution in [3.8, 4) is 0 Å². The summed E-state index contributed by atoms with van der Waals surface area (Å²) in [6, 6.07) is 9.36. The standard InChI is InChI=1S/C35H37ClN4O6S2/c1-2-47(43,44)39-35(42)38-33-29-8-4-5-21(29)15-23-11-14-27(31(23)33)25-17-24-16-22-6-3-7-28(22)32(30(24)18-25)37-34(41)40-48(45,46)19-20-9-12-26(36)13-10-20/h2,9-10,12-13,15-16,25,27H,1,3-8,11,14,17-19H2,(H2,37,40,41)(H2,38,39,42). The number of halogens is 1. The summed E-state index contributed by atoms with van der Waals surface area (Å²) in [6.07, 6.45) is 8.58. The molecule has 0 saturated heterocycles. The summed E-state index contributed by atoms with van der Waals surface area (Å²) >= 11 is 5.93. The number of fused-ring (bicyclic) bond motifs is 4. The third-order valence-corrected chi connectivity index (χ3v) is 12.6. The maximum atomic E-state index is 13.2. The highest BCUT2D eigenvalue weighted by Gasteiger charge is 2.40. The van der Waals surface area contributed by atoms with Crippen LogP contribution >= 0.6 is 11.6 Å². The highest BCUT2D eigenvalue weighted by molar-refractivity contribution is 7.92. The molecule has 0 aromatic heterocycles. The van der Waals surface area contributed by atoms with Crippen molar-refractivity contribution in [1.29, 1.82) is 0 Å². The van der Waals surface area contributed by atoms with Gasteiger partial charge in [-0.2, -0.15) is 0 Å². The minimum Gasteiger partial charge on any atom is -0.307 e. The van der Waals surface area contributed by atoms with Gasteiger partial charge in [0.25, 0.3) is 10.0 Å². The highest BCUT2D eigenvalue weighted by Crippen LogP contribution is 2.51. The number of benzene rings is 3. The predicted molar refractivity (Wildman–Crippen MR) is 186 cm³/mol. The normalized spacial score (nSPS) is 19.2. The van der Waals surface area contributed by atoms with Gasteiger partial charge in [-0.05, 0) is 138 Å². The Kier molecular flexibility index (Phi) is 8.53. The average Bonchev–Trinajstić information content (AvgIpc) is 3.83. The molecule has 4 amide bonds. The molecule has 10 nitrogen and oxygen atoms in total. The van der Waals surface area contributed by atoms with Crippen LogP contribution in [0.25, 0.3) is 0 Å². The van der Waals surface area contributed by atoms with Crippen LogP contribution in [0, 0.1) is 5.92 Å². The molecule has 7 rings (SSSR count). The molecular weight excluding hydrogens is 672 g/mol. The number of carbonyl (C=O) groups is 2. The Hall–Kier alpha value is -3.87. The summed E-state index contributed by atoms with van der Waals surface area (Å²) in [5.41, 5.74) is 10.9. The van der Waals surface area contributed by atoms with Gasteiger partial charge in [0.15, 0.2) is 0 Å². The number of nitrogens with one attached hydrogen (secondary N) is 4. The van der Waals surface area contributed by atoms with Gasteiger partial charge < -0.3 is 10.6 Å². The van der Waals surface area contributed by atoms with Crippen LogP contribution in [0.1, 0.15) is 75.3 Å². The van der Waals surface area contributed by atoms with Gasteiger partial charge in [-0.25, -0.2) is 35.9 Å². The average molecular weight is 709 g/mol. The topological polar surface area (TPSA) is 151 Å². The van der Waals surface area contributed by atoms with Gasteiger partial charge in [0.1, 0.15) is 0 Å². The van der Waals surface area contributed by atoms with Crippen LogP contribution in [0.4, 0.5) is 21.0 Å². The molecule has 48 heavy (non-hydrogen) atoms. The van der Waals surface area contributed by atoms with Crippen molar-refractivity contribution in [3.63, 3.8) is 0 Å². The van der Waals surface area contributed by atoms with E-state index >= 15 is 0 Å². The minimum atomic E-state index is -3.97. The Bertz CT molecular complexity index is 2080. The van der Waals surface area contributed by atoms with Crippen molar-refractivity contribution in [2.24, 2.45) is 5.92 Å². The van der Waals surface area contributed by atoms with Gasteiger partial charge in [0.2, 0.25) is 10.0 Å². The van der Waals surface area contributed by atoms with E-state index in [-0.39, 0.29) is 17.6 Å². The van der Waals surface area contributed by atoms with Crippen molar-refractivity contribution < 1.29 is 26.4 Å². The van der Waals surface area contributed by atoms with E-state index in [9.17, 15) is 26.4 Å². The van der Waals surface area contributed by atoms with E-state index in [4.69, 9.17) is 11.6 Å². The van der Waals surface area contributed by atoms with E-state index in [1.807, 2.05) is 4.72 Å². The molecule has 3 aromatic carbocycles. The molecule has 0 radical (unpaired) electrons. The zero-order valence-electron chi connectivity index (χ0n) is 26.3. The molecule has 0 fully saturated rings. The van der Waals surface area contributed by atoms with Crippen molar-refractivity contribution >= 4 is 55.1 Å². The van der Waals surface area contributed by atoms with Crippen LogP contribution in [0.2, 0.25) is 5.02 Å². The summed E-state index contributed by atoms with van der Waals surface area (Å²) in [5.74, 6) is -0.0644. The smallest absolute Gasteiger partial charge is 0.307 e. The minimum absolute atomic E-state index is 0.112. The van der Waals surface area contributed by atoms with Gasteiger partial charge in [-0.15, -0.1) is 0 Å². The fourth-order valence-corrected chi connectivity index (χ4v) is 9.82. The van der Waals surface area contributed by atoms with Gasteiger partial charge in [-0.1, -0.05) is 42.4 Å². The van der Waals surface area contributed by atoms with Crippen LogP contribution in [0.5, 0.6) is 0 Å². The second-order valence-corrected chi connectivity index (χ2v) is 17.0. The number of sulfonamides is 2. The zero-order chi connectivity index (χ0) is 33.8. The first kappa shape index (κ1) is 32.7. The van der Waals surface area contributed by atoms with Crippen molar-refractivity contribution in [3.05, 3.63) is 103 Å². The van der Waals surface area contributed by atoms with E-state index < -0.39 is 32.1 Å². The van der Waals surface area contributed by atoms with Gasteiger partial charge in [0.05, 0.1) is 5.75 Å². The number of amides is 4. The molecule has 0 bridgehead atoms. The molecule has 4 aliphatic carbocycles. The first-order chi connectivity index (χ1) is 22.9. The molecule has 0 spiro atoms. The van der Waals surface area contributed by atoms with Crippen LogP contribution in [-0.2, 0) is 70.7 Å². The summed E-state index contributed by atoms with van der Waals surface area (Å²) in [4.78, 5) is 26.2. The number of rotatable bonds is 8. The van der Waals surface area contributed by atoms with Crippen LogP contribution in [-0.4, -0.2) is 28.9 Å². The van der Waals surface area contributed by atoms with Gasteiger partial charge in [-0.3, -0.25) is 0 Å². The number of urea groups is 2. The lowest BCUT2D eigenvalue weighted by atomic mass is 9.83. The number of anilines is 2. The Morgan fingerprint density at radius 3 is 2.08 bits per heavy atom. The lowest BCUT2D eigenvalue weighted by Gasteiger charge is -2.24. The molecule has 2 unspecified atom stereocenters. The number of hydrogen-bond acceptors (Lipinski definition) is 6. The second kappa shape index (κ2) is 12.5. The van der Waals surface area contributed by atoms with E-state index in [1.165, 1.54) is 16.7 Å². The number of carbonyl (C=O) groups excluding carboxylic acids is 2. The van der Waals surface area contributed by atoms with Gasteiger partial charge >= 0.3 is 12.1 Å². The number of aryl methyl sites for hydroxylation is 3. The molecule has 0 heterocycles. The fourth-order valence-electron chi connectivity index (χ4n) is 8.27. The molecule has 2 atom stereocenters. The maximum Gasteiger partial charge on any atom is 0.333 e. The molecule has 0 saturated carbocycles. The first-order valence-electron chi connectivity index (χ1n) is 16.3. The monoisotopic (exact) mass is 708 g/mol. The summed E-state index contributed by atoms with van der Waals surface area (Å²) in [6.45, 7) is 3.28. The van der Waals surface area contributed by atoms with E-state index in [1.54, 1.807) is 24.3 Å². The quantitative estimate of drug-likeness (QED) is 0.225. The molecular formula is C35H37ClN4O6S2. The Balaban J connectivity index is 1.15. The molecule has 4 N–H and O–H groups in total.